The van der Waals surface area contributed by atoms with Crippen LogP contribution in [0.1, 0.15) is 42.9 Å². The third-order valence-electron chi connectivity index (χ3n) is 7.05. The molecule has 0 fully saturated rings. The number of allylic oxidation sites excluding steroid dienone is 5. The van der Waals surface area contributed by atoms with Crippen LogP contribution < -0.4 is 16.4 Å². The van der Waals surface area contributed by atoms with E-state index in [4.69, 9.17) is 5.73 Å². The summed E-state index contributed by atoms with van der Waals surface area (Å²) in [6, 6.07) is 9.55. The molecule has 1 aliphatic rings. The quantitative estimate of drug-likeness (QED) is 0.247. The standard InChI is InChI=1S/C32H35F3N4O4/c1-3-4-5-10-21(2)28(40)15-16-29(41)39-20-23-12-7-6-11-22(23)19-27(39)31(43)38-26(17-18-36)30(42)37-25-14-9-8-13-24(25)32(33,34)35/h3-14,26-27H,1,15-20,36H2,2H3,(H,37,42)(H,38,43)/b5-4-,21-10+/t26-,27-/m0/s1. The van der Waals surface area contributed by atoms with Gasteiger partial charge in [-0.3, -0.25) is 19.2 Å². The van der Waals surface area contributed by atoms with Gasteiger partial charge in [0, 0.05) is 25.8 Å². The van der Waals surface area contributed by atoms with E-state index in [1.54, 1.807) is 31.2 Å². The first-order valence-corrected chi connectivity index (χ1v) is 13.8. The number of hydrogen-bond acceptors (Lipinski definition) is 5. The van der Waals surface area contributed by atoms with Gasteiger partial charge < -0.3 is 21.3 Å². The zero-order valence-corrected chi connectivity index (χ0v) is 23.8. The Bertz CT molecular complexity index is 1420. The second kappa shape index (κ2) is 15.1. The number of alkyl halides is 3. The topological polar surface area (TPSA) is 122 Å². The Labute approximate surface area is 248 Å². The Morgan fingerprint density at radius 1 is 1.05 bits per heavy atom. The number of halogens is 3. The molecule has 8 nitrogen and oxygen atoms in total. The van der Waals surface area contributed by atoms with Crippen LogP contribution in [0.2, 0.25) is 0 Å². The van der Waals surface area contributed by atoms with Gasteiger partial charge in [0.25, 0.3) is 0 Å². The molecule has 3 rings (SSSR count). The highest BCUT2D eigenvalue weighted by molar-refractivity contribution is 6.00. The van der Waals surface area contributed by atoms with Gasteiger partial charge >= 0.3 is 6.18 Å². The van der Waals surface area contributed by atoms with Crippen LogP contribution >= 0.6 is 0 Å². The Balaban J connectivity index is 1.79. The second-order valence-corrected chi connectivity index (χ2v) is 10.1. The van der Waals surface area contributed by atoms with Crippen LogP contribution in [-0.2, 0) is 38.3 Å². The van der Waals surface area contributed by atoms with E-state index in [0.717, 1.165) is 23.3 Å². The molecule has 43 heavy (non-hydrogen) atoms. The molecule has 2 aromatic rings. The van der Waals surface area contributed by atoms with Crippen molar-refractivity contribution in [3.8, 4) is 0 Å². The molecule has 1 heterocycles. The van der Waals surface area contributed by atoms with Gasteiger partial charge in [0.1, 0.15) is 12.1 Å². The summed E-state index contributed by atoms with van der Waals surface area (Å²) < 4.78 is 40.4. The molecule has 0 unspecified atom stereocenters. The predicted molar refractivity (Wildman–Crippen MR) is 157 cm³/mol. The van der Waals surface area contributed by atoms with E-state index in [2.05, 4.69) is 17.2 Å². The maximum absolute atomic E-state index is 13.6. The van der Waals surface area contributed by atoms with Crippen molar-refractivity contribution in [3.63, 3.8) is 0 Å². The van der Waals surface area contributed by atoms with E-state index in [1.807, 2.05) is 24.3 Å². The summed E-state index contributed by atoms with van der Waals surface area (Å²) in [7, 11) is 0. The van der Waals surface area contributed by atoms with Crippen LogP contribution in [0.5, 0.6) is 0 Å². The van der Waals surface area contributed by atoms with Crippen molar-refractivity contribution in [3.05, 3.63) is 102 Å². The molecule has 0 spiro atoms. The molecule has 0 radical (unpaired) electrons. The largest absolute Gasteiger partial charge is 0.418 e. The van der Waals surface area contributed by atoms with Crippen molar-refractivity contribution in [2.24, 2.45) is 5.73 Å². The van der Waals surface area contributed by atoms with Gasteiger partial charge in [0.05, 0.1) is 11.3 Å². The van der Waals surface area contributed by atoms with Crippen LogP contribution in [0.3, 0.4) is 0 Å². The van der Waals surface area contributed by atoms with Gasteiger partial charge in [-0.05, 0) is 48.7 Å². The average molecular weight is 597 g/mol. The number of fused-ring (bicyclic) bond motifs is 1. The van der Waals surface area contributed by atoms with E-state index < -0.39 is 47.2 Å². The van der Waals surface area contributed by atoms with Crippen molar-refractivity contribution in [2.75, 3.05) is 11.9 Å². The number of nitrogens with one attached hydrogen (secondary N) is 2. The summed E-state index contributed by atoms with van der Waals surface area (Å²) in [4.78, 5) is 54.0. The fourth-order valence-electron chi connectivity index (χ4n) is 4.71. The molecule has 228 valence electrons. The lowest BCUT2D eigenvalue weighted by Crippen LogP contribution is -2.56. The molecular formula is C32H35F3N4O4. The lowest BCUT2D eigenvalue weighted by atomic mass is 9.92. The van der Waals surface area contributed by atoms with Crippen molar-refractivity contribution in [2.45, 2.75) is 57.4 Å². The highest BCUT2D eigenvalue weighted by Crippen LogP contribution is 2.34. The van der Waals surface area contributed by atoms with Crippen molar-refractivity contribution in [1.82, 2.24) is 10.2 Å². The zero-order valence-electron chi connectivity index (χ0n) is 23.8. The highest BCUT2D eigenvalue weighted by Gasteiger charge is 2.37. The summed E-state index contributed by atoms with van der Waals surface area (Å²) in [5.41, 5.74) is 6.33. The lowest BCUT2D eigenvalue weighted by molar-refractivity contribution is -0.143. The molecule has 2 aromatic carbocycles. The van der Waals surface area contributed by atoms with Gasteiger partial charge in [-0.1, -0.05) is 67.3 Å². The number of para-hydroxylation sites is 1. The molecule has 1 aliphatic heterocycles. The number of amides is 3. The predicted octanol–water partition coefficient (Wildman–Crippen LogP) is 4.47. The number of Topliss-reactive ketones (excluding diaryl/α,β-unsaturated/α-hetero) is 1. The fraction of sp³-hybridized carbons (Fsp3) is 0.312. The average Bonchev–Trinajstić information content (AvgIpc) is 2.98. The van der Waals surface area contributed by atoms with Crippen LogP contribution in [0.4, 0.5) is 18.9 Å². The van der Waals surface area contributed by atoms with Gasteiger partial charge in [-0.15, -0.1) is 0 Å². The first kappa shape index (κ1) is 33.0. The minimum Gasteiger partial charge on any atom is -0.342 e. The highest BCUT2D eigenvalue weighted by atomic mass is 19.4. The van der Waals surface area contributed by atoms with Crippen LogP contribution in [0, 0.1) is 0 Å². The SMILES string of the molecule is C=C/C=C\C=C(/C)C(=O)CCC(=O)N1Cc2ccccc2C[C@H]1C(=O)N[C@@H](CCN)C(=O)Nc1ccccc1C(F)(F)F. The van der Waals surface area contributed by atoms with E-state index in [1.165, 1.54) is 17.0 Å². The third kappa shape index (κ3) is 8.99. The molecule has 4 N–H and O–H groups in total. The molecule has 2 atom stereocenters. The van der Waals surface area contributed by atoms with E-state index in [0.29, 0.717) is 5.57 Å². The van der Waals surface area contributed by atoms with Crippen molar-refractivity contribution < 1.29 is 32.3 Å². The first-order valence-electron chi connectivity index (χ1n) is 13.8. The summed E-state index contributed by atoms with van der Waals surface area (Å²) in [6.45, 7) is 5.29. The summed E-state index contributed by atoms with van der Waals surface area (Å²) in [6.07, 6.45) is 1.73. The number of nitrogens with two attached hydrogens (primary N) is 1. The number of ketones is 1. The summed E-state index contributed by atoms with van der Waals surface area (Å²) in [5, 5.41) is 4.85. The Kier molecular flexibility index (Phi) is 11.6. The Hall–Kier alpha value is -4.51. The first-order chi connectivity index (χ1) is 20.5. The molecular weight excluding hydrogens is 561 g/mol. The van der Waals surface area contributed by atoms with E-state index in [9.17, 15) is 32.3 Å². The molecule has 0 aromatic heterocycles. The Morgan fingerprint density at radius 2 is 1.72 bits per heavy atom. The normalized spacial score (nSPS) is 15.9. The molecule has 0 saturated carbocycles. The summed E-state index contributed by atoms with van der Waals surface area (Å²) in [5.74, 6) is -2.17. The number of carbonyl (C=O) groups excluding carboxylic acids is 4. The number of anilines is 1. The van der Waals surface area contributed by atoms with Gasteiger partial charge in [0.15, 0.2) is 5.78 Å². The number of nitrogens with zero attached hydrogens (tertiary/aromatic N) is 1. The zero-order chi connectivity index (χ0) is 31.6. The minimum atomic E-state index is -4.70. The smallest absolute Gasteiger partial charge is 0.342 e. The third-order valence-corrected chi connectivity index (χ3v) is 7.05. The number of carbonyl (C=O) groups is 4. The van der Waals surface area contributed by atoms with Gasteiger partial charge in [-0.25, -0.2) is 0 Å². The minimum absolute atomic E-state index is 0.0353. The van der Waals surface area contributed by atoms with Crippen molar-refractivity contribution in [1.29, 1.82) is 0 Å². The summed E-state index contributed by atoms with van der Waals surface area (Å²) >= 11 is 0. The van der Waals surface area contributed by atoms with Crippen LogP contribution in [-0.4, -0.2) is 47.0 Å². The number of rotatable bonds is 12. The molecule has 0 saturated heterocycles. The molecule has 0 bridgehead atoms. The van der Waals surface area contributed by atoms with E-state index >= 15 is 0 Å². The molecule has 0 aliphatic carbocycles. The number of hydrogen-bond donors (Lipinski definition) is 3. The van der Waals surface area contributed by atoms with Crippen molar-refractivity contribution >= 4 is 29.2 Å². The monoisotopic (exact) mass is 596 g/mol. The molecule has 11 heteroatoms. The van der Waals surface area contributed by atoms with Gasteiger partial charge in [0.2, 0.25) is 17.7 Å². The fourth-order valence-corrected chi connectivity index (χ4v) is 4.71. The maximum Gasteiger partial charge on any atom is 0.418 e. The molecule has 3 amide bonds. The number of benzene rings is 2. The van der Waals surface area contributed by atoms with E-state index in [-0.39, 0.29) is 44.6 Å². The lowest BCUT2D eigenvalue weighted by Gasteiger charge is -2.36. The second-order valence-electron chi connectivity index (χ2n) is 10.1. The van der Waals surface area contributed by atoms with Crippen LogP contribution in [0.25, 0.3) is 0 Å². The Morgan fingerprint density at radius 3 is 2.40 bits per heavy atom. The maximum atomic E-state index is 13.6. The van der Waals surface area contributed by atoms with Crippen LogP contribution in [0.15, 0.2) is 85.0 Å². The van der Waals surface area contributed by atoms with Gasteiger partial charge in [-0.2, -0.15) is 13.2 Å².